The van der Waals surface area contributed by atoms with E-state index in [2.05, 4.69) is 49.8 Å². The van der Waals surface area contributed by atoms with Crippen LogP contribution in [0.3, 0.4) is 0 Å². The molecule has 0 unspecified atom stereocenters. The average Bonchev–Trinajstić information content (AvgIpc) is 1.60. The first kappa shape index (κ1) is 73.4. The number of nitrogens with one attached hydrogen (secondary N) is 2. The van der Waals surface area contributed by atoms with Crippen LogP contribution in [0.15, 0.2) is 316 Å². The third kappa shape index (κ3) is 16.8. The van der Waals surface area contributed by atoms with E-state index in [1.807, 2.05) is 291 Å². The van der Waals surface area contributed by atoms with Crippen molar-refractivity contribution in [1.82, 2.24) is 79.4 Å². The van der Waals surface area contributed by atoms with Gasteiger partial charge in [0.25, 0.3) is 23.6 Å². The second-order valence-corrected chi connectivity index (χ2v) is 28.0. The molecule has 0 fully saturated rings. The van der Waals surface area contributed by atoms with Crippen molar-refractivity contribution in [1.29, 1.82) is 0 Å². The van der Waals surface area contributed by atoms with Gasteiger partial charge in [0.05, 0.1) is 121 Å². The fourth-order valence-corrected chi connectivity index (χ4v) is 14.6. The maximum Gasteiger partial charge on any atom is 0.254 e. The summed E-state index contributed by atoms with van der Waals surface area (Å²) in [6, 6.07) is 83.9. The molecule has 116 heavy (non-hydrogen) atoms. The summed E-state index contributed by atoms with van der Waals surface area (Å²) in [7, 11) is 0. The molecule has 11 aromatic heterocycles. The Balaban J connectivity index is 0.840. The molecule has 2 aliphatic rings. The smallest absolute Gasteiger partial charge is 0.254 e. The quantitative estimate of drug-likeness (QED) is 0.0572. The average molecular weight is 1520 g/mol. The molecule has 562 valence electrons. The van der Waals surface area contributed by atoms with Crippen LogP contribution in [-0.4, -0.2) is 103 Å². The van der Waals surface area contributed by atoms with E-state index in [-0.39, 0.29) is 76.0 Å². The number of fused-ring (bicyclic) bond motifs is 8. The van der Waals surface area contributed by atoms with Crippen molar-refractivity contribution < 1.29 is 19.2 Å². The Morgan fingerprint density at radius 1 is 0.216 bits per heavy atom. The van der Waals surface area contributed by atoms with E-state index in [9.17, 15) is 19.2 Å². The van der Waals surface area contributed by atoms with E-state index in [0.29, 0.717) is 67.1 Å². The highest BCUT2D eigenvalue weighted by molar-refractivity contribution is 6.03. The lowest BCUT2D eigenvalue weighted by molar-refractivity contribution is 0.0719. The third-order valence-electron chi connectivity index (χ3n) is 20.2. The summed E-state index contributed by atoms with van der Waals surface area (Å²) >= 11 is 0. The molecule has 20 heteroatoms. The van der Waals surface area contributed by atoms with Gasteiger partial charge in [0.2, 0.25) is 0 Å². The minimum Gasteiger partial charge on any atom is -0.354 e. The van der Waals surface area contributed by atoms with E-state index in [4.69, 9.17) is 9.97 Å². The Hall–Kier alpha value is -15.4. The maximum absolute atomic E-state index is 15.0. The van der Waals surface area contributed by atoms with Gasteiger partial charge in [0.15, 0.2) is 0 Å². The molecule has 2 N–H and O–H groups in total. The van der Waals surface area contributed by atoms with Crippen molar-refractivity contribution in [2.24, 2.45) is 0 Å². The first-order valence-corrected chi connectivity index (χ1v) is 38.1. The van der Waals surface area contributed by atoms with Crippen LogP contribution >= 0.6 is 0 Å². The Labute approximate surface area is 668 Å². The summed E-state index contributed by atoms with van der Waals surface area (Å²) in [4.78, 5) is 123. The zero-order chi connectivity index (χ0) is 78.5. The number of nitrogens with zero attached hydrogens (tertiary/aromatic N) is 14. The molecule has 4 aromatic carbocycles. The molecule has 0 spiro atoms. The van der Waals surface area contributed by atoms with Crippen LogP contribution in [-0.2, 0) is 52.4 Å². The monoisotopic (exact) mass is 1510 g/mol. The molecule has 2 aliphatic heterocycles. The van der Waals surface area contributed by atoms with Crippen molar-refractivity contribution >= 4 is 70.0 Å². The van der Waals surface area contributed by atoms with Crippen LogP contribution in [0.25, 0.3) is 90.9 Å². The number of pyridine rings is 8. The van der Waals surface area contributed by atoms with Gasteiger partial charge in [0.1, 0.15) is 0 Å². The molecule has 13 heterocycles. The SMILES string of the molecule is O=C(c1ccc(-c2c3nc(c(-c4ccc(C(=O)N(Cc5ccccn5)Cc5ccccn5)cc4)c4ccc([nH]4)c(-c4ccc(C(=O)N(Cc5ccccn5)Cc5ccccn5)cc4)c4nc(c(-c5ccc(C(=O)N(Cc6ccccn6)Cc6ccccn6)cc5)c5ccc2[nH]5)C=C4)C=C3)cc1)N(Cc1ccccn1)Cc1ccccn1. The molecular weight excluding hydrogens is 1440 g/mol. The highest BCUT2D eigenvalue weighted by Gasteiger charge is 2.27. The highest BCUT2D eigenvalue weighted by atomic mass is 16.2. The lowest BCUT2D eigenvalue weighted by Crippen LogP contribution is -2.30. The van der Waals surface area contributed by atoms with Gasteiger partial charge in [0, 0.05) is 116 Å². The van der Waals surface area contributed by atoms with Crippen LogP contribution in [0.5, 0.6) is 0 Å². The summed E-state index contributed by atoms with van der Waals surface area (Å²) < 4.78 is 0. The predicted octanol–water partition coefficient (Wildman–Crippen LogP) is 17.9. The molecule has 17 rings (SSSR count). The van der Waals surface area contributed by atoms with Gasteiger partial charge in [-0.25, -0.2) is 9.97 Å². The fourth-order valence-electron chi connectivity index (χ4n) is 14.6. The summed E-state index contributed by atoms with van der Waals surface area (Å²) in [5, 5.41) is 0. The highest BCUT2D eigenvalue weighted by Crippen LogP contribution is 2.40. The zero-order valence-corrected chi connectivity index (χ0v) is 62.9. The van der Waals surface area contributed by atoms with Gasteiger partial charge < -0.3 is 29.6 Å². The second kappa shape index (κ2) is 34.0. The topological polar surface area (TPSA) is 242 Å². The Morgan fingerprint density at radius 2 is 0.388 bits per heavy atom. The Bertz CT molecular complexity index is 5340. The van der Waals surface area contributed by atoms with Crippen LogP contribution in [0.2, 0.25) is 0 Å². The van der Waals surface area contributed by atoms with Gasteiger partial charge in [-0.2, -0.15) is 0 Å². The molecule has 0 saturated carbocycles. The molecule has 0 radical (unpaired) electrons. The number of rotatable bonds is 24. The van der Waals surface area contributed by atoms with Gasteiger partial charge in [-0.3, -0.25) is 59.0 Å². The Kier molecular flexibility index (Phi) is 21.5. The molecule has 15 aromatic rings. The number of carbonyl (C=O) groups is 4. The number of benzene rings is 4. The molecule has 0 atom stereocenters. The summed E-state index contributed by atoms with van der Waals surface area (Å²) in [6.07, 6.45) is 21.8. The molecular formula is C96H74N16O4. The van der Waals surface area contributed by atoms with E-state index < -0.39 is 0 Å². The molecule has 0 saturated heterocycles. The molecule has 4 amide bonds. The lowest BCUT2D eigenvalue weighted by Gasteiger charge is -2.22. The van der Waals surface area contributed by atoms with Crippen molar-refractivity contribution in [3.63, 3.8) is 0 Å². The normalized spacial score (nSPS) is 11.4. The first-order valence-electron chi connectivity index (χ1n) is 38.1. The van der Waals surface area contributed by atoms with E-state index in [1.54, 1.807) is 69.2 Å². The number of aromatic amines is 2. The summed E-state index contributed by atoms with van der Waals surface area (Å²) in [5.41, 5.74) is 18.9. The van der Waals surface area contributed by atoms with E-state index in [1.165, 1.54) is 0 Å². The first-order chi connectivity index (χ1) is 57.1. The van der Waals surface area contributed by atoms with Gasteiger partial charge >= 0.3 is 0 Å². The van der Waals surface area contributed by atoms with Crippen LogP contribution in [0.1, 0.15) is 110 Å². The maximum atomic E-state index is 15.0. The second-order valence-electron chi connectivity index (χ2n) is 28.0. The summed E-state index contributed by atoms with van der Waals surface area (Å²) in [6.45, 7) is 2.01. The van der Waals surface area contributed by atoms with Crippen molar-refractivity contribution in [2.75, 3.05) is 0 Å². The lowest BCUT2D eigenvalue weighted by atomic mass is 10.0. The molecule has 20 nitrogen and oxygen atoms in total. The number of H-pyrrole nitrogens is 2. The van der Waals surface area contributed by atoms with Crippen molar-refractivity contribution in [3.8, 4) is 44.5 Å². The van der Waals surface area contributed by atoms with E-state index in [0.717, 1.165) is 90.1 Å². The predicted molar refractivity (Wildman–Crippen MR) is 449 cm³/mol. The fraction of sp³-hybridized carbons (Fsp3) is 0.0833. The van der Waals surface area contributed by atoms with Crippen LogP contribution in [0.4, 0.5) is 0 Å². The van der Waals surface area contributed by atoms with Gasteiger partial charge in [-0.05, 0) is 216 Å². The standard InChI is InChI=1S/C96H74N16O4/c113-93(109(57-73-17-1-9-49-97-73)58-74-18-2-10-50-98-74)69-33-25-65(26-34-69)89-81-41-43-83(105-81)90(66-27-35-70(36-28-66)94(114)110(59-75-19-3-11-51-99-75)60-76-20-4-12-52-100-76)85-45-47-87(107-85)92(68-31-39-72(40-32-68)96(116)112(63-79-23-7-15-55-103-79)64-80-24-8-16-56-104-80)88-48-46-86(108-88)91(84-44-42-82(89)106-84)67-29-37-71(38-30-67)95(115)111(61-77-21-5-13-53-101-77)62-78-22-6-14-54-102-78/h1-56,105,108H,57-64H2. The minimum atomic E-state index is -0.204. The number of hydrogen-bond acceptors (Lipinski definition) is 14. The summed E-state index contributed by atoms with van der Waals surface area (Å²) in [5.74, 6) is -0.816. The minimum absolute atomic E-state index is 0.204. The Morgan fingerprint density at radius 3 is 0.543 bits per heavy atom. The zero-order valence-electron chi connectivity index (χ0n) is 62.9. The number of amides is 4. The third-order valence-corrected chi connectivity index (χ3v) is 20.2. The number of hydrogen-bond donors (Lipinski definition) is 2. The van der Waals surface area contributed by atoms with Crippen molar-refractivity contribution in [3.05, 3.63) is 407 Å². The largest absolute Gasteiger partial charge is 0.354 e. The van der Waals surface area contributed by atoms with E-state index >= 15 is 0 Å². The number of carbonyl (C=O) groups excluding carboxylic acids is 4. The van der Waals surface area contributed by atoms with Gasteiger partial charge in [-0.15, -0.1) is 0 Å². The molecule has 0 aliphatic carbocycles. The van der Waals surface area contributed by atoms with Crippen LogP contribution < -0.4 is 0 Å². The molecule has 8 bridgehead atoms. The van der Waals surface area contributed by atoms with Crippen LogP contribution in [0, 0.1) is 0 Å². The number of aromatic nitrogens is 12. The van der Waals surface area contributed by atoms with Gasteiger partial charge in [-0.1, -0.05) is 97.1 Å². The van der Waals surface area contributed by atoms with Crippen molar-refractivity contribution in [2.45, 2.75) is 52.4 Å².